The van der Waals surface area contributed by atoms with E-state index in [4.69, 9.17) is 11.6 Å². The van der Waals surface area contributed by atoms with E-state index in [2.05, 4.69) is 30.8 Å². The molecule has 0 bridgehead atoms. The van der Waals surface area contributed by atoms with Crippen LogP contribution in [-0.4, -0.2) is 22.6 Å². The molecule has 16 heavy (non-hydrogen) atoms. The van der Waals surface area contributed by atoms with E-state index in [9.17, 15) is 0 Å². The molecule has 0 aliphatic heterocycles. The van der Waals surface area contributed by atoms with Crippen molar-refractivity contribution in [2.45, 2.75) is 31.7 Å². The highest BCUT2D eigenvalue weighted by molar-refractivity contribution is 9.10. The van der Waals surface area contributed by atoms with Gasteiger partial charge in [-0.1, -0.05) is 0 Å². The van der Waals surface area contributed by atoms with E-state index in [0.29, 0.717) is 11.3 Å². The molecule has 0 saturated heterocycles. The van der Waals surface area contributed by atoms with Crippen molar-refractivity contribution in [1.29, 1.82) is 0 Å². The summed E-state index contributed by atoms with van der Waals surface area (Å²) in [6, 6.07) is 0.669. The third kappa shape index (κ3) is 2.33. The van der Waals surface area contributed by atoms with Crippen molar-refractivity contribution < 1.29 is 0 Å². The van der Waals surface area contributed by atoms with E-state index in [0.717, 1.165) is 22.8 Å². The van der Waals surface area contributed by atoms with Gasteiger partial charge in [-0.05, 0) is 59.1 Å². The molecular formula is C11H13BrClN3. The molecule has 1 aromatic heterocycles. The van der Waals surface area contributed by atoms with Gasteiger partial charge in [0.15, 0.2) is 0 Å². The van der Waals surface area contributed by atoms with Gasteiger partial charge in [-0.25, -0.2) is 4.98 Å². The van der Waals surface area contributed by atoms with Crippen LogP contribution in [0.3, 0.4) is 0 Å². The Morgan fingerprint density at radius 2 is 2.12 bits per heavy atom. The molecule has 0 amide bonds. The van der Waals surface area contributed by atoms with Crippen LogP contribution < -0.4 is 4.90 Å². The Bertz CT molecular complexity index is 404. The first kappa shape index (κ1) is 10.8. The van der Waals surface area contributed by atoms with Crippen molar-refractivity contribution in [2.75, 3.05) is 11.4 Å². The lowest BCUT2D eigenvalue weighted by molar-refractivity contribution is 0.706. The van der Waals surface area contributed by atoms with Crippen LogP contribution >= 0.6 is 27.5 Å². The Hall–Kier alpha value is -0.350. The number of aromatic nitrogens is 2. The van der Waals surface area contributed by atoms with Crippen molar-refractivity contribution in [3.05, 3.63) is 16.0 Å². The first-order chi connectivity index (χ1) is 7.74. The van der Waals surface area contributed by atoms with Gasteiger partial charge in [-0.3, -0.25) is 0 Å². The molecule has 3 rings (SSSR count). The van der Waals surface area contributed by atoms with Gasteiger partial charge in [0.05, 0.1) is 4.47 Å². The summed E-state index contributed by atoms with van der Waals surface area (Å²) in [5, 5.41) is 0.333. The molecule has 86 valence electrons. The minimum absolute atomic E-state index is 0.333. The minimum atomic E-state index is 0.333. The molecular weight excluding hydrogens is 289 g/mol. The summed E-state index contributed by atoms with van der Waals surface area (Å²) in [7, 11) is 0. The summed E-state index contributed by atoms with van der Waals surface area (Å²) in [6.45, 7) is 1.12. The Morgan fingerprint density at radius 1 is 1.38 bits per heavy atom. The van der Waals surface area contributed by atoms with Gasteiger partial charge >= 0.3 is 0 Å². The van der Waals surface area contributed by atoms with E-state index < -0.39 is 0 Å². The maximum absolute atomic E-state index is 5.87. The highest BCUT2D eigenvalue weighted by atomic mass is 79.9. The summed E-state index contributed by atoms with van der Waals surface area (Å²) in [4.78, 5) is 10.7. The Kier molecular flexibility index (Phi) is 2.80. The smallest absolute Gasteiger partial charge is 0.224 e. The normalized spacial score (nSPS) is 19.9. The largest absolute Gasteiger partial charge is 0.352 e. The molecule has 3 nitrogen and oxygen atoms in total. The lowest BCUT2D eigenvalue weighted by atomic mass is 10.3. The quantitative estimate of drug-likeness (QED) is 0.799. The lowest BCUT2D eigenvalue weighted by Crippen LogP contribution is -2.29. The average molecular weight is 303 g/mol. The molecule has 0 spiro atoms. The zero-order chi connectivity index (χ0) is 11.1. The van der Waals surface area contributed by atoms with Gasteiger partial charge in [0, 0.05) is 18.8 Å². The van der Waals surface area contributed by atoms with Crippen LogP contribution in [0.15, 0.2) is 10.7 Å². The van der Waals surface area contributed by atoms with Crippen molar-refractivity contribution in [1.82, 2.24) is 9.97 Å². The maximum atomic E-state index is 5.87. The van der Waals surface area contributed by atoms with Crippen LogP contribution in [0.4, 0.5) is 5.82 Å². The molecule has 2 aliphatic carbocycles. The number of hydrogen-bond donors (Lipinski definition) is 0. The lowest BCUT2D eigenvalue weighted by Gasteiger charge is -2.24. The van der Waals surface area contributed by atoms with E-state index >= 15 is 0 Å². The van der Waals surface area contributed by atoms with Crippen LogP contribution in [0.2, 0.25) is 5.28 Å². The summed E-state index contributed by atoms with van der Waals surface area (Å²) in [5.41, 5.74) is 0. The van der Waals surface area contributed by atoms with Gasteiger partial charge in [-0.15, -0.1) is 0 Å². The van der Waals surface area contributed by atoms with E-state index in [-0.39, 0.29) is 0 Å². The van der Waals surface area contributed by atoms with Gasteiger partial charge in [0.1, 0.15) is 5.82 Å². The van der Waals surface area contributed by atoms with Crippen LogP contribution in [0.5, 0.6) is 0 Å². The van der Waals surface area contributed by atoms with Crippen molar-refractivity contribution in [2.24, 2.45) is 5.92 Å². The maximum Gasteiger partial charge on any atom is 0.224 e. The molecule has 0 aromatic carbocycles. The van der Waals surface area contributed by atoms with E-state index in [1.54, 1.807) is 6.20 Å². The predicted molar refractivity (Wildman–Crippen MR) is 67.8 cm³/mol. The van der Waals surface area contributed by atoms with Gasteiger partial charge in [0.25, 0.3) is 0 Å². The number of rotatable bonds is 4. The topological polar surface area (TPSA) is 29.0 Å². The third-order valence-electron chi connectivity index (χ3n) is 3.11. The fourth-order valence-corrected chi connectivity index (χ4v) is 2.46. The summed E-state index contributed by atoms with van der Waals surface area (Å²) in [6.07, 6.45) is 7.02. The first-order valence-corrected chi connectivity index (χ1v) is 6.86. The molecule has 0 radical (unpaired) electrons. The molecule has 0 N–H and O–H groups in total. The summed E-state index contributed by atoms with van der Waals surface area (Å²) < 4.78 is 0.949. The van der Waals surface area contributed by atoms with Gasteiger partial charge in [0.2, 0.25) is 5.28 Å². The summed E-state index contributed by atoms with van der Waals surface area (Å²) in [5.74, 6) is 1.83. The number of anilines is 1. The van der Waals surface area contributed by atoms with Crippen LogP contribution in [0.25, 0.3) is 0 Å². The number of hydrogen-bond acceptors (Lipinski definition) is 3. The van der Waals surface area contributed by atoms with E-state index in [1.807, 2.05) is 0 Å². The second-order valence-electron chi connectivity index (χ2n) is 4.64. The molecule has 5 heteroatoms. The SMILES string of the molecule is Clc1ncc(Br)c(N(CC2CC2)C2CC2)n1. The second kappa shape index (κ2) is 4.15. The number of nitrogens with zero attached hydrogens (tertiary/aromatic N) is 3. The van der Waals surface area contributed by atoms with Crippen molar-refractivity contribution in [3.63, 3.8) is 0 Å². The monoisotopic (exact) mass is 301 g/mol. The first-order valence-electron chi connectivity index (χ1n) is 5.68. The van der Waals surface area contributed by atoms with Crippen molar-refractivity contribution in [3.8, 4) is 0 Å². The summed E-state index contributed by atoms with van der Waals surface area (Å²) >= 11 is 9.38. The molecule has 2 aliphatic rings. The standard InChI is InChI=1S/C11H13BrClN3/c12-9-5-14-11(13)15-10(9)16(8-3-4-8)6-7-1-2-7/h5,7-8H,1-4,6H2. The Labute approximate surface area is 108 Å². The van der Waals surface area contributed by atoms with Crippen molar-refractivity contribution >= 4 is 33.3 Å². The number of halogens is 2. The average Bonchev–Trinajstić information content (AvgIpc) is 3.12. The van der Waals surface area contributed by atoms with Crippen LogP contribution in [0.1, 0.15) is 25.7 Å². The molecule has 2 saturated carbocycles. The molecule has 0 atom stereocenters. The van der Waals surface area contributed by atoms with Gasteiger partial charge in [-0.2, -0.15) is 4.98 Å². The van der Waals surface area contributed by atoms with Crippen LogP contribution in [0, 0.1) is 5.92 Å². The third-order valence-corrected chi connectivity index (χ3v) is 3.85. The highest BCUT2D eigenvalue weighted by Crippen LogP contribution is 2.39. The minimum Gasteiger partial charge on any atom is -0.352 e. The molecule has 0 unspecified atom stereocenters. The second-order valence-corrected chi connectivity index (χ2v) is 5.83. The fourth-order valence-electron chi connectivity index (χ4n) is 1.91. The molecule has 2 fully saturated rings. The predicted octanol–water partition coefficient (Wildman–Crippen LogP) is 3.27. The zero-order valence-corrected chi connectivity index (χ0v) is 11.2. The van der Waals surface area contributed by atoms with E-state index in [1.165, 1.54) is 25.7 Å². The zero-order valence-electron chi connectivity index (χ0n) is 8.87. The Balaban J connectivity index is 1.87. The molecule has 1 aromatic rings. The van der Waals surface area contributed by atoms with Crippen LogP contribution in [-0.2, 0) is 0 Å². The highest BCUT2D eigenvalue weighted by Gasteiger charge is 2.35. The Morgan fingerprint density at radius 3 is 2.75 bits per heavy atom. The molecule has 1 heterocycles. The van der Waals surface area contributed by atoms with Gasteiger partial charge < -0.3 is 4.90 Å². The fraction of sp³-hybridized carbons (Fsp3) is 0.636.